The van der Waals surface area contributed by atoms with E-state index in [9.17, 15) is 8.42 Å². The second kappa shape index (κ2) is 12.3. The first kappa shape index (κ1) is 21.8. The Kier molecular flexibility index (Phi) is 12.2. The van der Waals surface area contributed by atoms with E-state index in [1.807, 2.05) is 0 Å². The predicted molar refractivity (Wildman–Crippen MR) is 99.2 cm³/mol. The summed E-state index contributed by atoms with van der Waals surface area (Å²) in [7, 11) is -3.14. The zero-order valence-electron chi connectivity index (χ0n) is 13.1. The molecule has 1 heterocycles. The number of rotatable bonds is 9. The predicted octanol–water partition coefficient (Wildman–Crippen LogP) is -0.830. The average molecular weight is 449 g/mol. The summed E-state index contributed by atoms with van der Waals surface area (Å²) >= 11 is 0. The van der Waals surface area contributed by atoms with Gasteiger partial charge in [-0.15, -0.1) is 24.0 Å². The normalized spacial score (nSPS) is 17.0. The molecule has 10 heteroatoms. The van der Waals surface area contributed by atoms with E-state index in [2.05, 4.69) is 19.9 Å². The van der Waals surface area contributed by atoms with Gasteiger partial charge in [0.05, 0.1) is 19.0 Å². The van der Waals surface area contributed by atoms with Crippen LogP contribution in [-0.4, -0.2) is 77.5 Å². The van der Waals surface area contributed by atoms with Gasteiger partial charge in [0.25, 0.3) is 0 Å². The number of aliphatic imine (C=N–C) groups is 1. The van der Waals surface area contributed by atoms with Crippen LogP contribution in [0, 0.1) is 0 Å². The second-order valence-electron chi connectivity index (χ2n) is 4.80. The maximum Gasteiger partial charge on any atom is 0.211 e. The highest BCUT2D eigenvalue weighted by Gasteiger charge is 2.08. The SMILES string of the molecule is CCS(=O)(=O)NCCNC(N)=NCCCN1CCOCC1.I. The fourth-order valence-electron chi connectivity index (χ4n) is 1.87. The Balaban J connectivity index is 0.00000441. The Morgan fingerprint density at radius 3 is 2.64 bits per heavy atom. The standard InChI is InChI=1S/C12H27N5O3S.HI/c1-2-21(18,19)16-6-5-15-12(13)14-4-3-7-17-8-10-20-11-9-17;/h16H,2-11H2,1H3,(H3,13,14,15);1H. The monoisotopic (exact) mass is 449 g/mol. The maximum absolute atomic E-state index is 11.2. The van der Waals surface area contributed by atoms with Crippen molar-refractivity contribution in [2.45, 2.75) is 13.3 Å². The second-order valence-corrected chi connectivity index (χ2v) is 6.89. The summed E-state index contributed by atoms with van der Waals surface area (Å²) in [4.78, 5) is 6.56. The summed E-state index contributed by atoms with van der Waals surface area (Å²) in [6.07, 6.45) is 0.949. The average Bonchev–Trinajstić information content (AvgIpc) is 2.49. The Hall–Kier alpha value is -0.170. The number of hydrogen-bond donors (Lipinski definition) is 3. The molecule has 0 unspecified atom stereocenters. The van der Waals surface area contributed by atoms with Crippen LogP contribution in [0.5, 0.6) is 0 Å². The molecule has 1 saturated heterocycles. The molecule has 0 aliphatic carbocycles. The van der Waals surface area contributed by atoms with Crippen molar-refractivity contribution in [2.24, 2.45) is 10.7 Å². The third kappa shape index (κ3) is 10.5. The van der Waals surface area contributed by atoms with E-state index in [0.29, 0.717) is 25.6 Å². The molecule has 22 heavy (non-hydrogen) atoms. The summed E-state index contributed by atoms with van der Waals surface area (Å²) in [5.74, 6) is 0.436. The van der Waals surface area contributed by atoms with Crippen LogP contribution in [0.3, 0.4) is 0 Å². The van der Waals surface area contributed by atoms with Crippen LogP contribution in [0.2, 0.25) is 0 Å². The highest BCUT2D eigenvalue weighted by Crippen LogP contribution is 1.97. The lowest BCUT2D eigenvalue weighted by atomic mass is 10.3. The molecular weight excluding hydrogens is 421 g/mol. The van der Waals surface area contributed by atoms with Gasteiger partial charge in [-0.3, -0.25) is 9.89 Å². The van der Waals surface area contributed by atoms with Crippen LogP contribution < -0.4 is 15.8 Å². The van der Waals surface area contributed by atoms with Crippen LogP contribution in [0.4, 0.5) is 0 Å². The number of nitrogens with zero attached hydrogens (tertiary/aromatic N) is 2. The molecule has 132 valence electrons. The minimum absolute atomic E-state index is 0. The lowest BCUT2D eigenvalue weighted by Gasteiger charge is -2.26. The molecule has 1 fully saturated rings. The fraction of sp³-hybridized carbons (Fsp3) is 0.917. The number of ether oxygens (including phenoxy) is 1. The van der Waals surface area contributed by atoms with Gasteiger partial charge < -0.3 is 15.8 Å². The van der Waals surface area contributed by atoms with Crippen LogP contribution in [0.25, 0.3) is 0 Å². The molecule has 0 bridgehead atoms. The maximum atomic E-state index is 11.2. The van der Waals surface area contributed by atoms with Crippen molar-refractivity contribution < 1.29 is 13.2 Å². The minimum Gasteiger partial charge on any atom is -0.379 e. The minimum atomic E-state index is -3.14. The molecule has 8 nitrogen and oxygen atoms in total. The Morgan fingerprint density at radius 1 is 1.32 bits per heavy atom. The van der Waals surface area contributed by atoms with E-state index >= 15 is 0 Å². The quantitative estimate of drug-likeness (QED) is 0.184. The van der Waals surface area contributed by atoms with Gasteiger partial charge >= 0.3 is 0 Å². The fourth-order valence-corrected chi connectivity index (χ4v) is 2.49. The Labute approximate surface area is 150 Å². The summed E-state index contributed by atoms with van der Waals surface area (Å²) in [5, 5.41) is 2.88. The summed E-state index contributed by atoms with van der Waals surface area (Å²) in [5.41, 5.74) is 5.70. The van der Waals surface area contributed by atoms with Crippen LogP contribution in [0.1, 0.15) is 13.3 Å². The van der Waals surface area contributed by atoms with E-state index in [4.69, 9.17) is 10.5 Å². The van der Waals surface area contributed by atoms with Gasteiger partial charge in [-0.25, -0.2) is 13.1 Å². The third-order valence-electron chi connectivity index (χ3n) is 3.15. The first-order valence-electron chi connectivity index (χ1n) is 7.34. The van der Waals surface area contributed by atoms with Gasteiger partial charge in [0, 0.05) is 39.3 Å². The molecule has 1 rings (SSSR count). The van der Waals surface area contributed by atoms with Crippen molar-refractivity contribution in [1.82, 2.24) is 14.9 Å². The summed E-state index contributed by atoms with van der Waals surface area (Å²) in [6, 6.07) is 0. The lowest BCUT2D eigenvalue weighted by molar-refractivity contribution is 0.0377. The number of guanidine groups is 1. The molecule has 0 saturated carbocycles. The highest BCUT2D eigenvalue weighted by atomic mass is 127. The van der Waals surface area contributed by atoms with Gasteiger partial charge in [0.15, 0.2) is 5.96 Å². The number of morpholine rings is 1. The summed E-state index contributed by atoms with van der Waals surface area (Å²) in [6.45, 7) is 7.57. The zero-order valence-corrected chi connectivity index (χ0v) is 16.2. The van der Waals surface area contributed by atoms with Crippen molar-refractivity contribution in [2.75, 3.05) is 58.2 Å². The zero-order chi connectivity index (χ0) is 15.6. The smallest absolute Gasteiger partial charge is 0.211 e. The van der Waals surface area contributed by atoms with Crippen molar-refractivity contribution >= 4 is 40.0 Å². The van der Waals surface area contributed by atoms with Gasteiger partial charge in [-0.1, -0.05) is 0 Å². The molecule has 0 aromatic rings. The molecule has 0 aromatic heterocycles. The van der Waals surface area contributed by atoms with E-state index in [1.54, 1.807) is 6.92 Å². The van der Waals surface area contributed by atoms with Gasteiger partial charge in [0.2, 0.25) is 10.0 Å². The molecular formula is C12H28IN5O3S. The number of nitrogens with two attached hydrogens (primary N) is 1. The van der Waals surface area contributed by atoms with Gasteiger partial charge in [-0.05, 0) is 13.3 Å². The number of hydrogen-bond acceptors (Lipinski definition) is 5. The first-order chi connectivity index (χ1) is 10.0. The molecule has 1 aliphatic heterocycles. The van der Waals surface area contributed by atoms with Crippen molar-refractivity contribution in [3.05, 3.63) is 0 Å². The Morgan fingerprint density at radius 2 is 2.00 bits per heavy atom. The first-order valence-corrected chi connectivity index (χ1v) is 9.00. The van der Waals surface area contributed by atoms with E-state index in [-0.39, 0.29) is 29.7 Å². The highest BCUT2D eigenvalue weighted by molar-refractivity contribution is 14.0. The number of sulfonamides is 1. The molecule has 0 aromatic carbocycles. The molecule has 0 atom stereocenters. The third-order valence-corrected chi connectivity index (χ3v) is 4.56. The molecule has 0 spiro atoms. The molecule has 4 N–H and O–H groups in total. The van der Waals surface area contributed by atoms with Crippen LogP contribution in [0.15, 0.2) is 4.99 Å². The van der Waals surface area contributed by atoms with Crippen LogP contribution >= 0.6 is 24.0 Å². The number of halogens is 1. The Bertz CT molecular complexity index is 413. The van der Waals surface area contributed by atoms with Crippen molar-refractivity contribution in [1.29, 1.82) is 0 Å². The lowest BCUT2D eigenvalue weighted by Crippen LogP contribution is -2.39. The molecule has 0 amide bonds. The van der Waals surface area contributed by atoms with Crippen LogP contribution in [-0.2, 0) is 14.8 Å². The van der Waals surface area contributed by atoms with E-state index < -0.39 is 10.0 Å². The summed E-state index contributed by atoms with van der Waals surface area (Å²) < 4.78 is 30.1. The number of nitrogens with one attached hydrogen (secondary N) is 2. The molecule has 1 aliphatic rings. The topological polar surface area (TPSA) is 109 Å². The van der Waals surface area contributed by atoms with Gasteiger partial charge in [0.1, 0.15) is 0 Å². The largest absolute Gasteiger partial charge is 0.379 e. The van der Waals surface area contributed by atoms with Crippen molar-refractivity contribution in [3.8, 4) is 0 Å². The van der Waals surface area contributed by atoms with E-state index in [1.165, 1.54) is 0 Å². The van der Waals surface area contributed by atoms with Crippen molar-refractivity contribution in [3.63, 3.8) is 0 Å². The molecule has 0 radical (unpaired) electrons. The van der Waals surface area contributed by atoms with Gasteiger partial charge in [-0.2, -0.15) is 0 Å². The van der Waals surface area contributed by atoms with E-state index in [0.717, 1.165) is 39.3 Å².